The molecule has 5 nitrogen and oxygen atoms in total. The Bertz CT molecular complexity index is 912. The predicted molar refractivity (Wildman–Crippen MR) is 95.9 cm³/mol. The smallest absolute Gasteiger partial charge is 0.321 e. The molecule has 0 saturated carbocycles. The second-order valence-corrected chi connectivity index (χ2v) is 7.54. The highest BCUT2D eigenvalue weighted by atomic mass is 32.2. The molecule has 0 saturated heterocycles. The number of carbonyl (C=O) groups is 1. The lowest BCUT2D eigenvalue weighted by atomic mass is 10.1. The van der Waals surface area contributed by atoms with Crippen LogP contribution < -0.4 is 10.0 Å². The van der Waals surface area contributed by atoms with Gasteiger partial charge >= 0.3 is 6.18 Å². The highest BCUT2D eigenvalue weighted by Crippen LogP contribution is 2.34. The van der Waals surface area contributed by atoms with Gasteiger partial charge < -0.3 is 5.32 Å². The quantitative estimate of drug-likeness (QED) is 0.689. The summed E-state index contributed by atoms with van der Waals surface area (Å²) in [7, 11) is -3.80. The average Bonchev–Trinajstić information content (AvgIpc) is 2.61. The number of hydrogen-bond donors (Lipinski definition) is 2. The number of alkyl halides is 3. The number of sulfonamides is 1. The van der Waals surface area contributed by atoms with Crippen molar-refractivity contribution < 1.29 is 26.4 Å². The zero-order valence-electron chi connectivity index (χ0n) is 14.5. The lowest BCUT2D eigenvalue weighted by Crippen LogP contribution is -2.25. The van der Waals surface area contributed by atoms with Crippen molar-refractivity contribution in [1.82, 2.24) is 4.72 Å². The number of halogens is 3. The summed E-state index contributed by atoms with van der Waals surface area (Å²) in [6, 6.07) is 9.70. The molecule has 0 spiro atoms. The molecule has 0 heterocycles. The van der Waals surface area contributed by atoms with Crippen molar-refractivity contribution in [3.05, 3.63) is 59.7 Å². The van der Waals surface area contributed by atoms with Gasteiger partial charge in [-0.2, -0.15) is 13.2 Å². The van der Waals surface area contributed by atoms with Gasteiger partial charge in [0.1, 0.15) is 0 Å². The minimum atomic E-state index is -4.63. The van der Waals surface area contributed by atoms with Gasteiger partial charge in [0, 0.05) is 12.1 Å². The summed E-state index contributed by atoms with van der Waals surface area (Å²) in [6.07, 6.45) is -3.16. The van der Waals surface area contributed by atoms with Gasteiger partial charge in [-0.25, -0.2) is 13.1 Å². The number of carbonyl (C=O) groups excluding carboxylic acids is 1. The van der Waals surface area contributed by atoms with Gasteiger partial charge in [-0.15, -0.1) is 0 Å². The third kappa shape index (κ3) is 5.54. The molecular weight excluding hydrogens is 381 g/mol. The number of anilines is 1. The first kappa shape index (κ1) is 20.9. The van der Waals surface area contributed by atoms with Crippen LogP contribution in [0.15, 0.2) is 53.4 Å². The van der Waals surface area contributed by atoms with E-state index in [4.69, 9.17) is 0 Å². The van der Waals surface area contributed by atoms with Crippen molar-refractivity contribution >= 4 is 21.6 Å². The molecule has 0 bridgehead atoms. The first-order valence-corrected chi connectivity index (χ1v) is 9.71. The van der Waals surface area contributed by atoms with E-state index in [-0.39, 0.29) is 17.0 Å². The molecule has 0 unspecified atom stereocenters. The molecule has 2 rings (SSSR count). The van der Waals surface area contributed by atoms with Crippen LogP contribution in [0, 0.1) is 0 Å². The number of benzene rings is 2. The topological polar surface area (TPSA) is 75.3 Å². The summed E-state index contributed by atoms with van der Waals surface area (Å²) in [4.78, 5) is 12.2. The molecule has 0 radical (unpaired) electrons. The Morgan fingerprint density at radius 3 is 2.44 bits per heavy atom. The Labute approximate surface area is 155 Å². The summed E-state index contributed by atoms with van der Waals surface area (Å²) in [5.41, 5.74) is -1.45. The van der Waals surface area contributed by atoms with Crippen molar-refractivity contribution in [1.29, 1.82) is 0 Å². The van der Waals surface area contributed by atoms with Gasteiger partial charge in [-0.3, -0.25) is 4.79 Å². The minimum Gasteiger partial charge on any atom is -0.321 e. The van der Waals surface area contributed by atoms with Crippen LogP contribution in [0.2, 0.25) is 0 Å². The largest absolute Gasteiger partial charge is 0.418 e. The third-order valence-corrected chi connectivity index (χ3v) is 5.17. The second-order valence-electron chi connectivity index (χ2n) is 5.78. The summed E-state index contributed by atoms with van der Waals surface area (Å²) in [6.45, 7) is 2.17. The van der Waals surface area contributed by atoms with Crippen molar-refractivity contribution in [3.8, 4) is 0 Å². The van der Waals surface area contributed by atoms with E-state index in [1.165, 1.54) is 30.3 Å². The standard InChI is InChI=1S/C18H19F3N2O3S/c1-2-3-11-22-27(25,26)14-8-6-7-13(12-14)17(24)23-16-10-5-4-9-15(16)18(19,20)21/h4-10,12,22H,2-3,11H2,1H3,(H,23,24). The fourth-order valence-electron chi connectivity index (χ4n) is 2.30. The summed E-state index contributed by atoms with van der Waals surface area (Å²) in [5.74, 6) is -0.836. The number of amides is 1. The molecule has 0 aromatic heterocycles. The lowest BCUT2D eigenvalue weighted by Gasteiger charge is -2.14. The number of unbranched alkanes of at least 4 members (excludes halogenated alkanes) is 1. The van der Waals surface area contributed by atoms with Crippen LogP contribution >= 0.6 is 0 Å². The SMILES string of the molecule is CCCCNS(=O)(=O)c1cccc(C(=O)Nc2ccccc2C(F)(F)F)c1. The van der Waals surface area contributed by atoms with Gasteiger partial charge in [0.05, 0.1) is 16.1 Å². The van der Waals surface area contributed by atoms with Crippen molar-refractivity contribution in [2.45, 2.75) is 30.8 Å². The number of nitrogens with one attached hydrogen (secondary N) is 2. The highest BCUT2D eigenvalue weighted by molar-refractivity contribution is 7.89. The van der Waals surface area contributed by atoms with Crippen LogP contribution in [0.1, 0.15) is 35.7 Å². The van der Waals surface area contributed by atoms with Crippen molar-refractivity contribution in [2.75, 3.05) is 11.9 Å². The fraction of sp³-hybridized carbons (Fsp3) is 0.278. The van der Waals surface area contributed by atoms with Crippen LogP contribution in [0.25, 0.3) is 0 Å². The van der Waals surface area contributed by atoms with Crippen LogP contribution in [0.3, 0.4) is 0 Å². The van der Waals surface area contributed by atoms with E-state index in [2.05, 4.69) is 10.0 Å². The first-order chi connectivity index (χ1) is 12.6. The van der Waals surface area contributed by atoms with Gasteiger partial charge in [-0.05, 0) is 36.8 Å². The molecule has 0 aliphatic rings. The summed E-state index contributed by atoms with van der Waals surface area (Å²) in [5, 5.41) is 2.19. The average molecular weight is 400 g/mol. The van der Waals surface area contributed by atoms with Gasteiger partial charge in [0.15, 0.2) is 0 Å². The monoisotopic (exact) mass is 400 g/mol. The predicted octanol–water partition coefficient (Wildman–Crippen LogP) is 4.04. The molecule has 2 aromatic rings. The molecule has 9 heteroatoms. The number of para-hydroxylation sites is 1. The van der Waals surface area contributed by atoms with Crippen LogP contribution in [0.5, 0.6) is 0 Å². The van der Waals surface area contributed by atoms with Crippen LogP contribution in [0.4, 0.5) is 18.9 Å². The van der Waals surface area contributed by atoms with E-state index < -0.39 is 33.4 Å². The molecule has 2 N–H and O–H groups in total. The maximum absolute atomic E-state index is 13.0. The third-order valence-electron chi connectivity index (χ3n) is 3.71. The number of hydrogen-bond acceptors (Lipinski definition) is 3. The highest BCUT2D eigenvalue weighted by Gasteiger charge is 2.33. The van der Waals surface area contributed by atoms with Crippen LogP contribution in [-0.2, 0) is 16.2 Å². The van der Waals surface area contributed by atoms with Gasteiger partial charge in [0.25, 0.3) is 5.91 Å². The Morgan fingerprint density at radius 2 is 1.78 bits per heavy atom. The first-order valence-electron chi connectivity index (χ1n) is 8.22. The molecule has 0 fully saturated rings. The fourth-order valence-corrected chi connectivity index (χ4v) is 3.42. The Hall–Kier alpha value is -2.39. The van der Waals surface area contributed by atoms with E-state index in [0.717, 1.165) is 24.6 Å². The summed E-state index contributed by atoms with van der Waals surface area (Å²) >= 11 is 0. The molecule has 2 aromatic carbocycles. The normalized spacial score (nSPS) is 12.0. The Morgan fingerprint density at radius 1 is 1.07 bits per heavy atom. The van der Waals surface area contributed by atoms with E-state index in [1.807, 2.05) is 6.92 Å². The zero-order chi connectivity index (χ0) is 20.1. The molecule has 0 atom stereocenters. The second kappa shape index (κ2) is 8.53. The zero-order valence-corrected chi connectivity index (χ0v) is 15.3. The van der Waals surface area contributed by atoms with E-state index in [0.29, 0.717) is 6.42 Å². The maximum Gasteiger partial charge on any atom is 0.418 e. The Kier molecular flexibility index (Phi) is 6.61. The molecule has 0 aliphatic heterocycles. The maximum atomic E-state index is 13.0. The van der Waals surface area contributed by atoms with Gasteiger partial charge in [0.2, 0.25) is 10.0 Å². The number of rotatable bonds is 7. The lowest BCUT2D eigenvalue weighted by molar-refractivity contribution is -0.136. The molecule has 1 amide bonds. The molecular formula is C18H19F3N2O3S. The van der Waals surface area contributed by atoms with E-state index >= 15 is 0 Å². The summed E-state index contributed by atoms with van der Waals surface area (Å²) < 4.78 is 66.0. The molecule has 0 aliphatic carbocycles. The van der Waals surface area contributed by atoms with Crippen molar-refractivity contribution in [2.24, 2.45) is 0 Å². The Balaban J connectivity index is 2.24. The van der Waals surface area contributed by atoms with Crippen molar-refractivity contribution in [3.63, 3.8) is 0 Å². The van der Waals surface area contributed by atoms with E-state index in [1.54, 1.807) is 0 Å². The minimum absolute atomic E-state index is 0.0645. The molecule has 27 heavy (non-hydrogen) atoms. The van der Waals surface area contributed by atoms with Gasteiger partial charge in [-0.1, -0.05) is 31.5 Å². The van der Waals surface area contributed by atoms with E-state index in [9.17, 15) is 26.4 Å². The molecule has 146 valence electrons. The van der Waals surface area contributed by atoms with Crippen LogP contribution in [-0.4, -0.2) is 20.9 Å².